The lowest BCUT2D eigenvalue weighted by atomic mass is 10.3. The van der Waals surface area contributed by atoms with Crippen LogP contribution in [0.25, 0.3) is 0 Å². The molecule has 0 amide bonds. The zero-order chi connectivity index (χ0) is 14.7. The molecule has 2 fully saturated rings. The molecule has 0 aromatic carbocycles. The van der Waals surface area contributed by atoms with Gasteiger partial charge >= 0.3 is 0 Å². The van der Waals surface area contributed by atoms with Crippen molar-refractivity contribution in [2.45, 2.75) is 57.2 Å². The number of fused-ring (bicyclic) bond motifs is 2. The number of hydrogen-bond donors (Lipinski definition) is 0. The standard InChI is InChI=1S/C13H21N3O3S/c1-8(2)16-10(4)13(9(3)14-16)20(17,18)15-6-12-5-11(15)7-19-12/h8,11-12H,5-7H2,1-4H3. The van der Waals surface area contributed by atoms with Crippen molar-refractivity contribution in [1.29, 1.82) is 0 Å². The van der Waals surface area contributed by atoms with E-state index in [1.54, 1.807) is 15.9 Å². The highest BCUT2D eigenvalue weighted by Gasteiger charge is 2.46. The molecule has 3 rings (SSSR count). The van der Waals surface area contributed by atoms with Crippen molar-refractivity contribution >= 4 is 10.0 Å². The number of morpholine rings is 1. The Bertz CT molecular complexity index is 636. The van der Waals surface area contributed by atoms with E-state index in [0.717, 1.165) is 12.1 Å². The van der Waals surface area contributed by atoms with Crippen molar-refractivity contribution in [3.8, 4) is 0 Å². The van der Waals surface area contributed by atoms with Gasteiger partial charge in [0.2, 0.25) is 10.0 Å². The number of hydrogen-bond acceptors (Lipinski definition) is 4. The van der Waals surface area contributed by atoms with Gasteiger partial charge in [-0.25, -0.2) is 8.42 Å². The van der Waals surface area contributed by atoms with Gasteiger partial charge in [-0.1, -0.05) is 0 Å². The van der Waals surface area contributed by atoms with Gasteiger partial charge < -0.3 is 4.74 Å². The summed E-state index contributed by atoms with van der Waals surface area (Å²) >= 11 is 0. The van der Waals surface area contributed by atoms with Crippen molar-refractivity contribution in [1.82, 2.24) is 14.1 Å². The minimum absolute atomic E-state index is 0.00815. The van der Waals surface area contributed by atoms with Crippen LogP contribution in [0.5, 0.6) is 0 Å². The summed E-state index contributed by atoms with van der Waals surface area (Å²) in [6.45, 7) is 8.59. The number of aryl methyl sites for hydroxylation is 1. The van der Waals surface area contributed by atoms with Crippen molar-refractivity contribution < 1.29 is 13.2 Å². The van der Waals surface area contributed by atoms with Crippen LogP contribution in [0.1, 0.15) is 37.7 Å². The van der Waals surface area contributed by atoms with E-state index in [4.69, 9.17) is 4.74 Å². The third kappa shape index (κ3) is 1.91. The monoisotopic (exact) mass is 299 g/mol. The molecule has 0 aliphatic carbocycles. The van der Waals surface area contributed by atoms with Crippen LogP contribution in [0.4, 0.5) is 0 Å². The Balaban J connectivity index is 2.04. The van der Waals surface area contributed by atoms with Gasteiger partial charge in [-0.05, 0) is 34.1 Å². The summed E-state index contributed by atoms with van der Waals surface area (Å²) in [6.07, 6.45) is 0.880. The second kappa shape index (κ2) is 4.54. The smallest absolute Gasteiger partial charge is 0.247 e. The zero-order valence-corrected chi connectivity index (χ0v) is 13.1. The average molecular weight is 299 g/mol. The average Bonchev–Trinajstić information content (AvgIpc) is 3.03. The quantitative estimate of drug-likeness (QED) is 0.842. The molecule has 7 heteroatoms. The van der Waals surface area contributed by atoms with Crippen LogP contribution >= 0.6 is 0 Å². The molecular formula is C13H21N3O3S. The lowest BCUT2D eigenvalue weighted by molar-refractivity contribution is 0.0608. The predicted octanol–water partition coefficient (Wildman–Crippen LogP) is 1.24. The largest absolute Gasteiger partial charge is 0.375 e. The summed E-state index contributed by atoms with van der Waals surface area (Å²) in [5.74, 6) is 0. The highest BCUT2D eigenvalue weighted by Crippen LogP contribution is 2.35. The van der Waals surface area contributed by atoms with Crippen LogP contribution in [0, 0.1) is 13.8 Å². The van der Waals surface area contributed by atoms with E-state index in [1.807, 2.05) is 20.8 Å². The van der Waals surface area contributed by atoms with E-state index in [9.17, 15) is 8.42 Å². The normalized spacial score (nSPS) is 26.9. The number of ether oxygens (including phenoxy) is 1. The Hall–Kier alpha value is -0.920. The summed E-state index contributed by atoms with van der Waals surface area (Å²) < 4.78 is 34.7. The second-order valence-corrected chi connectivity index (χ2v) is 7.79. The predicted molar refractivity (Wildman–Crippen MR) is 74.1 cm³/mol. The minimum atomic E-state index is -3.47. The zero-order valence-electron chi connectivity index (χ0n) is 12.3. The lowest BCUT2D eigenvalue weighted by Gasteiger charge is -2.26. The topological polar surface area (TPSA) is 64.4 Å². The lowest BCUT2D eigenvalue weighted by Crippen LogP contribution is -2.41. The Morgan fingerprint density at radius 2 is 2.05 bits per heavy atom. The van der Waals surface area contributed by atoms with E-state index < -0.39 is 10.0 Å². The molecule has 3 heterocycles. The van der Waals surface area contributed by atoms with Crippen molar-refractivity contribution in [2.24, 2.45) is 0 Å². The number of sulfonamides is 1. The number of nitrogens with zero attached hydrogens (tertiary/aromatic N) is 3. The van der Waals surface area contributed by atoms with Crippen LogP contribution < -0.4 is 0 Å². The molecule has 6 nitrogen and oxygen atoms in total. The van der Waals surface area contributed by atoms with E-state index in [0.29, 0.717) is 23.7 Å². The summed E-state index contributed by atoms with van der Waals surface area (Å²) in [4.78, 5) is 0.374. The Morgan fingerprint density at radius 3 is 2.50 bits per heavy atom. The van der Waals surface area contributed by atoms with Gasteiger partial charge in [0.1, 0.15) is 4.90 Å². The first kappa shape index (κ1) is 14.0. The van der Waals surface area contributed by atoms with E-state index in [-0.39, 0.29) is 18.2 Å². The molecule has 1 aromatic heterocycles. The number of rotatable bonds is 3. The van der Waals surface area contributed by atoms with Gasteiger partial charge in [0, 0.05) is 12.6 Å². The third-order valence-corrected chi connectivity index (χ3v) is 6.34. The van der Waals surface area contributed by atoms with Crippen LogP contribution in [0.2, 0.25) is 0 Å². The fourth-order valence-electron chi connectivity index (χ4n) is 3.30. The maximum absolute atomic E-state index is 12.9. The summed E-state index contributed by atoms with van der Waals surface area (Å²) in [5, 5.41) is 4.39. The summed E-state index contributed by atoms with van der Waals surface area (Å²) in [7, 11) is -3.47. The molecule has 2 bridgehead atoms. The molecular weight excluding hydrogens is 278 g/mol. The van der Waals surface area contributed by atoms with Crippen molar-refractivity contribution in [3.05, 3.63) is 11.4 Å². The highest BCUT2D eigenvalue weighted by molar-refractivity contribution is 7.89. The summed E-state index contributed by atoms with van der Waals surface area (Å²) in [6, 6.07) is 0.141. The second-order valence-electron chi connectivity index (χ2n) is 5.96. The maximum Gasteiger partial charge on any atom is 0.247 e. The van der Waals surface area contributed by atoms with E-state index >= 15 is 0 Å². The summed E-state index contributed by atoms with van der Waals surface area (Å²) in [5.41, 5.74) is 1.31. The first-order valence-electron chi connectivity index (χ1n) is 7.01. The van der Waals surface area contributed by atoms with Crippen molar-refractivity contribution in [3.63, 3.8) is 0 Å². The van der Waals surface area contributed by atoms with Crippen LogP contribution in [0.15, 0.2) is 4.90 Å². The van der Waals surface area contributed by atoms with Gasteiger partial charge in [0.25, 0.3) is 0 Å². The molecule has 0 spiro atoms. The Kier molecular flexibility index (Phi) is 3.19. The van der Waals surface area contributed by atoms with Gasteiger partial charge in [0.15, 0.2) is 0 Å². The first-order chi connectivity index (χ1) is 9.32. The Morgan fingerprint density at radius 1 is 1.35 bits per heavy atom. The molecule has 2 aliphatic heterocycles. The minimum Gasteiger partial charge on any atom is -0.375 e. The SMILES string of the molecule is Cc1nn(C(C)C)c(C)c1S(=O)(=O)N1CC2CC1CO2. The molecule has 2 atom stereocenters. The maximum atomic E-state index is 12.9. The van der Waals surface area contributed by atoms with E-state index in [2.05, 4.69) is 5.10 Å². The van der Waals surface area contributed by atoms with Gasteiger partial charge in [-0.15, -0.1) is 0 Å². The van der Waals surface area contributed by atoms with Crippen molar-refractivity contribution in [2.75, 3.05) is 13.2 Å². The molecule has 2 saturated heterocycles. The third-order valence-electron chi connectivity index (χ3n) is 4.16. The molecule has 20 heavy (non-hydrogen) atoms. The fraction of sp³-hybridized carbons (Fsp3) is 0.769. The van der Waals surface area contributed by atoms with Crippen LogP contribution in [0.3, 0.4) is 0 Å². The fourth-order valence-corrected chi connectivity index (χ4v) is 5.32. The van der Waals surface area contributed by atoms with E-state index in [1.165, 1.54) is 0 Å². The molecule has 1 aromatic rings. The highest BCUT2D eigenvalue weighted by atomic mass is 32.2. The van der Waals surface area contributed by atoms with Crippen LogP contribution in [-0.2, 0) is 14.8 Å². The van der Waals surface area contributed by atoms with Gasteiger partial charge in [0.05, 0.1) is 30.1 Å². The number of aromatic nitrogens is 2. The van der Waals surface area contributed by atoms with Gasteiger partial charge in [-0.3, -0.25) is 4.68 Å². The molecule has 2 unspecified atom stereocenters. The molecule has 0 saturated carbocycles. The van der Waals surface area contributed by atoms with Crippen LogP contribution in [-0.4, -0.2) is 47.8 Å². The molecule has 112 valence electrons. The molecule has 0 N–H and O–H groups in total. The first-order valence-corrected chi connectivity index (χ1v) is 8.45. The molecule has 2 aliphatic rings. The molecule has 0 radical (unpaired) electrons. The Labute approximate surface area is 119 Å². The van der Waals surface area contributed by atoms with Gasteiger partial charge in [-0.2, -0.15) is 9.40 Å².